The molecule has 7 heteroatoms. The minimum Gasteiger partial charge on any atom is -0.452 e. The van der Waals surface area contributed by atoms with E-state index in [-0.39, 0.29) is 10.6 Å². The Bertz CT molecular complexity index is 775. The highest BCUT2D eigenvalue weighted by molar-refractivity contribution is 6.35. The zero-order chi connectivity index (χ0) is 19.1. The summed E-state index contributed by atoms with van der Waals surface area (Å²) in [5.41, 5.74) is 1.83. The molecular weight excluding hydrogens is 375 g/mol. The molecule has 2 aromatic rings. The number of hydrogen-bond donors (Lipinski definition) is 1. The molecule has 0 saturated heterocycles. The smallest absolute Gasteiger partial charge is 0.340 e. The van der Waals surface area contributed by atoms with Crippen LogP contribution in [0.2, 0.25) is 10.0 Å². The Balaban J connectivity index is 1.90. The molecule has 2 rings (SSSR count). The summed E-state index contributed by atoms with van der Waals surface area (Å²) in [7, 11) is 0. The molecule has 0 aliphatic rings. The molecule has 0 radical (unpaired) electrons. The van der Waals surface area contributed by atoms with Gasteiger partial charge < -0.3 is 15.0 Å². The van der Waals surface area contributed by atoms with Gasteiger partial charge in [0.1, 0.15) is 0 Å². The average molecular weight is 395 g/mol. The van der Waals surface area contributed by atoms with Crippen molar-refractivity contribution in [3.63, 3.8) is 0 Å². The number of esters is 1. The molecule has 26 heavy (non-hydrogen) atoms. The Morgan fingerprint density at radius 1 is 1.04 bits per heavy atom. The van der Waals surface area contributed by atoms with Gasteiger partial charge in [0.15, 0.2) is 6.61 Å². The molecule has 1 amide bonds. The van der Waals surface area contributed by atoms with Gasteiger partial charge in [0.05, 0.1) is 10.6 Å². The molecule has 0 unspecified atom stereocenters. The first-order chi connectivity index (χ1) is 12.4. The number of nitrogens with zero attached hydrogens (tertiary/aromatic N) is 1. The Kier molecular flexibility index (Phi) is 7.30. The first kappa shape index (κ1) is 20.1. The Morgan fingerprint density at radius 2 is 1.69 bits per heavy atom. The van der Waals surface area contributed by atoms with E-state index in [1.165, 1.54) is 12.1 Å². The van der Waals surface area contributed by atoms with Gasteiger partial charge in [-0.15, -0.1) is 0 Å². The zero-order valence-corrected chi connectivity index (χ0v) is 16.1. The molecule has 0 aliphatic carbocycles. The second-order valence-corrected chi connectivity index (χ2v) is 6.31. The standard InChI is InChI=1S/C19H20Cl2N2O3/c1-3-23(4-2)15-8-6-14(7-9-15)22-18(24)12-26-19(25)16-11-13(20)5-10-17(16)21/h5-11H,3-4,12H2,1-2H3,(H,22,24). The van der Waals surface area contributed by atoms with Crippen molar-refractivity contribution in [1.82, 2.24) is 0 Å². The minimum absolute atomic E-state index is 0.121. The summed E-state index contributed by atoms with van der Waals surface area (Å²) in [6.45, 7) is 5.56. The topological polar surface area (TPSA) is 58.6 Å². The van der Waals surface area contributed by atoms with E-state index in [4.69, 9.17) is 27.9 Å². The molecule has 0 aromatic heterocycles. The van der Waals surface area contributed by atoms with Gasteiger partial charge in [-0.3, -0.25) is 4.79 Å². The zero-order valence-electron chi connectivity index (χ0n) is 14.6. The molecule has 2 aromatic carbocycles. The third-order valence-corrected chi connectivity index (χ3v) is 4.33. The predicted molar refractivity (Wildman–Crippen MR) is 105 cm³/mol. The summed E-state index contributed by atoms with van der Waals surface area (Å²) in [5.74, 6) is -1.14. The summed E-state index contributed by atoms with van der Waals surface area (Å²) in [4.78, 5) is 26.2. The van der Waals surface area contributed by atoms with Crippen molar-refractivity contribution in [2.45, 2.75) is 13.8 Å². The number of amides is 1. The highest BCUT2D eigenvalue weighted by Gasteiger charge is 2.14. The normalized spacial score (nSPS) is 10.3. The number of carbonyl (C=O) groups excluding carboxylic acids is 2. The van der Waals surface area contributed by atoms with Crippen LogP contribution in [0.4, 0.5) is 11.4 Å². The predicted octanol–water partition coefficient (Wildman–Crippen LogP) is 4.64. The molecule has 0 atom stereocenters. The summed E-state index contributed by atoms with van der Waals surface area (Å²) >= 11 is 11.8. The van der Waals surface area contributed by atoms with Crippen LogP contribution in [0.25, 0.3) is 0 Å². The molecule has 1 N–H and O–H groups in total. The third-order valence-electron chi connectivity index (χ3n) is 3.76. The van der Waals surface area contributed by atoms with E-state index < -0.39 is 18.5 Å². The molecule has 0 heterocycles. The summed E-state index contributed by atoms with van der Waals surface area (Å²) in [6, 6.07) is 11.9. The Labute approximate surface area is 162 Å². The lowest BCUT2D eigenvalue weighted by Gasteiger charge is -2.21. The number of anilines is 2. The maximum Gasteiger partial charge on any atom is 0.340 e. The fraction of sp³-hybridized carbons (Fsp3) is 0.263. The fourth-order valence-corrected chi connectivity index (χ4v) is 2.77. The van der Waals surface area contributed by atoms with Crippen molar-refractivity contribution in [2.75, 3.05) is 29.9 Å². The maximum absolute atomic E-state index is 12.0. The molecule has 0 saturated carbocycles. The van der Waals surface area contributed by atoms with Crippen molar-refractivity contribution in [3.05, 3.63) is 58.1 Å². The van der Waals surface area contributed by atoms with Crippen LogP contribution in [-0.4, -0.2) is 31.6 Å². The first-order valence-corrected chi connectivity index (χ1v) is 8.97. The second kappa shape index (κ2) is 9.46. The van der Waals surface area contributed by atoms with Crippen LogP contribution in [0, 0.1) is 0 Å². The van der Waals surface area contributed by atoms with E-state index in [1.54, 1.807) is 18.2 Å². The average Bonchev–Trinajstić information content (AvgIpc) is 2.64. The van der Waals surface area contributed by atoms with Crippen molar-refractivity contribution in [2.24, 2.45) is 0 Å². The van der Waals surface area contributed by atoms with Gasteiger partial charge >= 0.3 is 5.97 Å². The SMILES string of the molecule is CCN(CC)c1ccc(NC(=O)COC(=O)c2cc(Cl)ccc2Cl)cc1. The highest BCUT2D eigenvalue weighted by atomic mass is 35.5. The number of hydrogen-bond acceptors (Lipinski definition) is 4. The number of rotatable bonds is 7. The molecule has 0 spiro atoms. The Morgan fingerprint density at radius 3 is 2.31 bits per heavy atom. The van der Waals surface area contributed by atoms with Crippen LogP contribution in [0.5, 0.6) is 0 Å². The van der Waals surface area contributed by atoms with E-state index in [0.717, 1.165) is 18.8 Å². The molecule has 138 valence electrons. The third kappa shape index (κ3) is 5.38. The van der Waals surface area contributed by atoms with Crippen molar-refractivity contribution < 1.29 is 14.3 Å². The lowest BCUT2D eigenvalue weighted by Crippen LogP contribution is -2.22. The van der Waals surface area contributed by atoms with Crippen molar-refractivity contribution >= 4 is 46.5 Å². The molecule has 0 aliphatic heterocycles. The van der Waals surface area contributed by atoms with E-state index in [9.17, 15) is 9.59 Å². The van der Waals surface area contributed by atoms with Crippen LogP contribution in [-0.2, 0) is 9.53 Å². The van der Waals surface area contributed by atoms with E-state index in [0.29, 0.717) is 10.7 Å². The van der Waals surface area contributed by atoms with Crippen LogP contribution in [0.1, 0.15) is 24.2 Å². The van der Waals surface area contributed by atoms with Crippen LogP contribution < -0.4 is 10.2 Å². The number of ether oxygens (including phenoxy) is 1. The van der Waals surface area contributed by atoms with Gasteiger partial charge in [-0.1, -0.05) is 23.2 Å². The van der Waals surface area contributed by atoms with Crippen LogP contribution >= 0.6 is 23.2 Å². The van der Waals surface area contributed by atoms with Gasteiger partial charge in [0.25, 0.3) is 5.91 Å². The van der Waals surface area contributed by atoms with Gasteiger partial charge in [-0.2, -0.15) is 0 Å². The van der Waals surface area contributed by atoms with Crippen molar-refractivity contribution in [1.29, 1.82) is 0 Å². The van der Waals surface area contributed by atoms with Crippen LogP contribution in [0.3, 0.4) is 0 Å². The maximum atomic E-state index is 12.0. The van der Waals surface area contributed by atoms with Crippen molar-refractivity contribution in [3.8, 4) is 0 Å². The summed E-state index contributed by atoms with van der Waals surface area (Å²) in [6.07, 6.45) is 0. The minimum atomic E-state index is -0.704. The van der Waals surface area contributed by atoms with E-state index >= 15 is 0 Å². The summed E-state index contributed by atoms with van der Waals surface area (Å²) in [5, 5.41) is 3.26. The number of carbonyl (C=O) groups is 2. The van der Waals surface area contributed by atoms with E-state index in [1.807, 2.05) is 12.1 Å². The Hall–Kier alpha value is -2.24. The van der Waals surface area contributed by atoms with Gasteiger partial charge in [-0.25, -0.2) is 4.79 Å². The van der Waals surface area contributed by atoms with Gasteiger partial charge in [-0.05, 0) is 56.3 Å². The number of nitrogens with one attached hydrogen (secondary N) is 1. The molecule has 0 fully saturated rings. The fourth-order valence-electron chi connectivity index (χ4n) is 2.40. The molecule has 5 nitrogen and oxygen atoms in total. The van der Waals surface area contributed by atoms with E-state index in [2.05, 4.69) is 24.1 Å². The molecular formula is C19H20Cl2N2O3. The summed E-state index contributed by atoms with van der Waals surface area (Å²) < 4.78 is 4.99. The highest BCUT2D eigenvalue weighted by Crippen LogP contribution is 2.21. The quantitative estimate of drug-likeness (QED) is 0.695. The second-order valence-electron chi connectivity index (χ2n) is 5.47. The number of halogens is 2. The first-order valence-electron chi connectivity index (χ1n) is 8.21. The van der Waals surface area contributed by atoms with Gasteiger partial charge in [0, 0.05) is 29.5 Å². The largest absolute Gasteiger partial charge is 0.452 e. The van der Waals surface area contributed by atoms with Crippen LogP contribution in [0.15, 0.2) is 42.5 Å². The number of benzene rings is 2. The monoisotopic (exact) mass is 394 g/mol. The lowest BCUT2D eigenvalue weighted by molar-refractivity contribution is -0.119. The molecule has 0 bridgehead atoms. The lowest BCUT2D eigenvalue weighted by atomic mass is 10.2. The van der Waals surface area contributed by atoms with Gasteiger partial charge in [0.2, 0.25) is 0 Å².